The summed E-state index contributed by atoms with van der Waals surface area (Å²) in [7, 11) is 1.83. The molecule has 0 aliphatic heterocycles. The van der Waals surface area contributed by atoms with E-state index in [-0.39, 0.29) is 18.4 Å². The van der Waals surface area contributed by atoms with Gasteiger partial charge in [-0.2, -0.15) is 20.6 Å². The summed E-state index contributed by atoms with van der Waals surface area (Å²) in [4.78, 5) is 20.4. The number of hydrogen-bond donors (Lipinski definition) is 1. The molecule has 11 nitrogen and oxygen atoms in total. The van der Waals surface area contributed by atoms with Gasteiger partial charge in [-0.25, -0.2) is 16.1 Å². The highest BCUT2D eigenvalue weighted by Crippen LogP contribution is 2.45. The summed E-state index contributed by atoms with van der Waals surface area (Å²) in [5, 5.41) is 25.3. The molecule has 1 amide bonds. The number of hydrogen-bond acceptors (Lipinski definition) is 6. The summed E-state index contributed by atoms with van der Waals surface area (Å²) in [6.07, 6.45) is 9.98. The van der Waals surface area contributed by atoms with Crippen LogP contribution in [0.3, 0.4) is 0 Å². The Morgan fingerprint density at radius 2 is 2.18 bits per heavy atom. The van der Waals surface area contributed by atoms with Crippen molar-refractivity contribution in [3.8, 4) is 28.6 Å². The molecule has 1 aliphatic rings. The highest BCUT2D eigenvalue weighted by atomic mass is 16.1. The molecule has 1 saturated carbocycles. The van der Waals surface area contributed by atoms with Crippen LogP contribution in [0.5, 0.6) is 0 Å². The van der Waals surface area contributed by atoms with Crippen molar-refractivity contribution < 1.29 is 4.79 Å². The van der Waals surface area contributed by atoms with Gasteiger partial charge in [0.15, 0.2) is 5.82 Å². The summed E-state index contributed by atoms with van der Waals surface area (Å²) in [6, 6.07) is 4.11. The highest BCUT2D eigenvalue weighted by Gasteiger charge is 2.50. The van der Waals surface area contributed by atoms with E-state index in [9.17, 15) is 10.1 Å². The molecule has 4 aromatic heterocycles. The van der Waals surface area contributed by atoms with Gasteiger partial charge in [0.1, 0.15) is 11.2 Å². The minimum atomic E-state index is -0.578. The Morgan fingerprint density at radius 3 is 2.85 bits per heavy atom. The Bertz CT molecular complexity index is 1450. The lowest BCUT2D eigenvalue weighted by atomic mass is 9.69. The number of nitriles is 1. The van der Waals surface area contributed by atoms with Gasteiger partial charge in [0, 0.05) is 31.9 Å². The van der Waals surface area contributed by atoms with E-state index in [0.717, 1.165) is 11.1 Å². The predicted octanol–water partition coefficient (Wildman–Crippen LogP) is 2.50. The second-order valence-electron chi connectivity index (χ2n) is 8.33. The summed E-state index contributed by atoms with van der Waals surface area (Å²) in [5.74, 6) is -0.0273. The molecule has 11 heteroatoms. The monoisotopic (exact) mass is 440 g/mol. The Balaban J connectivity index is 1.69. The molecule has 5 rings (SSSR count). The van der Waals surface area contributed by atoms with Crippen molar-refractivity contribution in [3.63, 3.8) is 0 Å². The van der Waals surface area contributed by atoms with Gasteiger partial charge in [-0.3, -0.25) is 14.2 Å². The molecule has 0 atom stereocenters. The molecular formula is C22H20N10O. The zero-order chi connectivity index (χ0) is 23.2. The summed E-state index contributed by atoms with van der Waals surface area (Å²) < 4.78 is 5.15. The Kier molecular flexibility index (Phi) is 4.68. The van der Waals surface area contributed by atoms with Crippen molar-refractivity contribution in [2.24, 2.45) is 13.0 Å². The third-order valence-electron chi connectivity index (χ3n) is 5.95. The topological polar surface area (TPSA) is 123 Å². The van der Waals surface area contributed by atoms with Crippen LogP contribution in [0.1, 0.15) is 19.8 Å². The molecule has 0 radical (unpaired) electrons. The van der Waals surface area contributed by atoms with E-state index in [0.29, 0.717) is 35.6 Å². The Labute approximate surface area is 189 Å². The van der Waals surface area contributed by atoms with Crippen LogP contribution in [-0.2, 0) is 17.4 Å². The van der Waals surface area contributed by atoms with E-state index in [1.807, 2.05) is 31.7 Å². The number of anilines is 1. The molecule has 4 aromatic rings. The highest BCUT2D eigenvalue weighted by molar-refractivity contribution is 5.94. The number of nitrogens with zero attached hydrogens (tertiary/aromatic N) is 9. The number of carbonyl (C=O) groups is 1. The second-order valence-corrected chi connectivity index (χ2v) is 8.33. The average Bonchev–Trinajstić information content (AvgIpc) is 3.49. The van der Waals surface area contributed by atoms with Gasteiger partial charge in [0.05, 0.1) is 47.4 Å². The van der Waals surface area contributed by atoms with Gasteiger partial charge in [-0.05, 0) is 18.9 Å². The van der Waals surface area contributed by atoms with Gasteiger partial charge < -0.3 is 10.2 Å². The molecule has 1 aliphatic carbocycles. The fraction of sp³-hybridized carbons (Fsp3) is 0.318. The van der Waals surface area contributed by atoms with Crippen LogP contribution >= 0.6 is 0 Å². The smallest absolute Gasteiger partial charge is 0.239 e. The summed E-state index contributed by atoms with van der Waals surface area (Å²) >= 11 is 0. The third kappa shape index (κ3) is 3.40. The van der Waals surface area contributed by atoms with Gasteiger partial charge in [-0.1, -0.05) is 0 Å². The van der Waals surface area contributed by atoms with Gasteiger partial charge in [-0.15, -0.1) is 0 Å². The van der Waals surface area contributed by atoms with E-state index < -0.39 is 5.54 Å². The standard InChI is InChI=1S/C22H20N10O/c1-14(33)27-21-17(11-32(29-21)22(13-24-2)6-15(7-22)8-23)20-19-4-5-25-31(19)12-18(28-20)16-9-26-30(3)10-16/h4-5,9-12,15H,6-7,13H2,1,3H3,(H,27,29,33). The largest absolute Gasteiger partial charge is 0.314 e. The normalized spacial score (nSPS) is 19.6. The molecule has 0 spiro atoms. The predicted molar refractivity (Wildman–Crippen MR) is 118 cm³/mol. The molecule has 4 heterocycles. The zero-order valence-electron chi connectivity index (χ0n) is 18.1. The Hall–Kier alpha value is -4.51. The minimum absolute atomic E-state index is 0.114. The Morgan fingerprint density at radius 1 is 1.36 bits per heavy atom. The van der Waals surface area contributed by atoms with Crippen molar-refractivity contribution in [3.05, 3.63) is 48.5 Å². The molecule has 164 valence electrons. The molecule has 0 aromatic carbocycles. The van der Waals surface area contributed by atoms with E-state index in [4.69, 9.17) is 11.6 Å². The minimum Gasteiger partial charge on any atom is -0.314 e. The number of fused-ring (bicyclic) bond motifs is 1. The van der Waals surface area contributed by atoms with Gasteiger partial charge in [0.25, 0.3) is 0 Å². The second kappa shape index (κ2) is 7.57. The molecule has 0 bridgehead atoms. The fourth-order valence-corrected chi connectivity index (χ4v) is 4.35. The van der Waals surface area contributed by atoms with E-state index in [1.165, 1.54) is 6.92 Å². The number of rotatable bonds is 5. The number of nitrogens with one attached hydrogen (secondary N) is 1. The molecule has 1 fully saturated rings. The lowest BCUT2D eigenvalue weighted by Gasteiger charge is -2.40. The maximum Gasteiger partial charge on any atom is 0.239 e. The molecule has 0 saturated heterocycles. The van der Waals surface area contributed by atoms with Crippen LogP contribution in [-0.4, -0.2) is 46.6 Å². The van der Waals surface area contributed by atoms with Crippen LogP contribution < -0.4 is 5.32 Å². The quantitative estimate of drug-likeness (QED) is 0.476. The number of carbonyl (C=O) groups excluding carboxylic acids is 1. The molecule has 1 N–H and O–H groups in total. The third-order valence-corrected chi connectivity index (χ3v) is 5.95. The average molecular weight is 440 g/mol. The van der Waals surface area contributed by atoms with Crippen LogP contribution in [0.15, 0.2) is 37.1 Å². The number of amides is 1. The van der Waals surface area contributed by atoms with Crippen molar-refractivity contribution >= 4 is 17.2 Å². The summed E-state index contributed by atoms with van der Waals surface area (Å²) in [6.45, 7) is 9.04. The van der Waals surface area contributed by atoms with Crippen LogP contribution in [0.25, 0.3) is 32.9 Å². The first-order valence-corrected chi connectivity index (χ1v) is 10.4. The first-order chi connectivity index (χ1) is 15.9. The van der Waals surface area contributed by atoms with E-state index in [1.54, 1.807) is 26.3 Å². The molecular weight excluding hydrogens is 420 g/mol. The number of aryl methyl sites for hydroxylation is 1. The first-order valence-electron chi connectivity index (χ1n) is 10.4. The van der Waals surface area contributed by atoms with Gasteiger partial charge in [0.2, 0.25) is 12.5 Å². The zero-order valence-corrected chi connectivity index (χ0v) is 18.1. The molecule has 0 unspecified atom stereocenters. The van der Waals surface area contributed by atoms with Crippen molar-refractivity contribution in [2.75, 3.05) is 11.9 Å². The van der Waals surface area contributed by atoms with E-state index >= 15 is 0 Å². The van der Waals surface area contributed by atoms with Crippen LogP contribution in [0.2, 0.25) is 0 Å². The first kappa shape index (κ1) is 20.4. The van der Waals surface area contributed by atoms with Crippen LogP contribution in [0, 0.1) is 23.8 Å². The lowest BCUT2D eigenvalue weighted by molar-refractivity contribution is -0.114. The summed E-state index contributed by atoms with van der Waals surface area (Å²) in [5.41, 5.74) is 2.87. The fourth-order valence-electron chi connectivity index (χ4n) is 4.35. The van der Waals surface area contributed by atoms with Crippen LogP contribution in [0.4, 0.5) is 5.82 Å². The van der Waals surface area contributed by atoms with Crippen molar-refractivity contribution in [1.82, 2.24) is 34.2 Å². The SMILES string of the molecule is [C-]#[N+]CC1(n2cc(-c3nc(-c4cnn(C)c4)cn4nccc34)c(NC(C)=O)n2)CC(C#N)C1. The van der Waals surface area contributed by atoms with Crippen molar-refractivity contribution in [1.29, 1.82) is 5.26 Å². The number of aromatic nitrogens is 7. The molecule has 33 heavy (non-hydrogen) atoms. The maximum absolute atomic E-state index is 12.0. The lowest BCUT2D eigenvalue weighted by Crippen LogP contribution is -2.48. The van der Waals surface area contributed by atoms with E-state index in [2.05, 4.69) is 31.5 Å². The maximum atomic E-state index is 12.0. The van der Waals surface area contributed by atoms with Crippen molar-refractivity contribution in [2.45, 2.75) is 25.3 Å². The van der Waals surface area contributed by atoms with Gasteiger partial charge >= 0.3 is 0 Å².